The number of rotatable bonds is 4. The molecule has 0 amide bonds. The van der Waals surface area contributed by atoms with Crippen molar-refractivity contribution in [1.29, 1.82) is 0 Å². The molecule has 1 radical (unpaired) electrons. The van der Waals surface area contributed by atoms with Crippen LogP contribution in [-0.2, 0) is 0 Å². The van der Waals surface area contributed by atoms with E-state index in [-0.39, 0.29) is 6.10 Å². The van der Waals surface area contributed by atoms with Gasteiger partial charge in [0.25, 0.3) is 0 Å². The Bertz CT molecular complexity index is 246. The molecule has 0 fully saturated rings. The zero-order valence-corrected chi connectivity index (χ0v) is 7.73. The molecule has 0 aliphatic rings. The van der Waals surface area contributed by atoms with Crippen molar-refractivity contribution in [3.8, 4) is 11.5 Å². The summed E-state index contributed by atoms with van der Waals surface area (Å²) in [6.07, 6.45) is 0.163. The van der Waals surface area contributed by atoms with E-state index in [4.69, 9.17) is 14.4 Å². The zero-order valence-electron chi connectivity index (χ0n) is 7.73. The minimum Gasteiger partial charge on any atom is -0.537 e. The van der Waals surface area contributed by atoms with Crippen LogP contribution in [0.2, 0.25) is 0 Å². The van der Waals surface area contributed by atoms with Crippen LogP contribution in [0.5, 0.6) is 11.5 Å². The standard InChI is InChI=1S/C9H12BO3/c1-7(2)12-8-3-5-9(6-4-8)13-10-11/h3-7,11H,1-2H3. The Morgan fingerprint density at radius 1 is 1.15 bits per heavy atom. The van der Waals surface area contributed by atoms with E-state index in [1.54, 1.807) is 24.3 Å². The maximum absolute atomic E-state index is 8.36. The molecule has 13 heavy (non-hydrogen) atoms. The van der Waals surface area contributed by atoms with Crippen LogP contribution in [0.25, 0.3) is 0 Å². The highest BCUT2D eigenvalue weighted by Gasteiger charge is 1.98. The van der Waals surface area contributed by atoms with Crippen LogP contribution < -0.4 is 9.39 Å². The van der Waals surface area contributed by atoms with Crippen molar-refractivity contribution in [2.24, 2.45) is 0 Å². The molecule has 3 nitrogen and oxygen atoms in total. The van der Waals surface area contributed by atoms with Crippen LogP contribution in [0.4, 0.5) is 0 Å². The Morgan fingerprint density at radius 2 is 1.69 bits per heavy atom. The van der Waals surface area contributed by atoms with Crippen LogP contribution in [-0.4, -0.2) is 18.8 Å². The van der Waals surface area contributed by atoms with Gasteiger partial charge in [-0.25, -0.2) is 0 Å². The summed E-state index contributed by atoms with van der Waals surface area (Å²) in [7, 11) is 0.651. The van der Waals surface area contributed by atoms with Crippen LogP contribution in [0, 0.1) is 0 Å². The van der Waals surface area contributed by atoms with Gasteiger partial charge in [0, 0.05) is 0 Å². The Morgan fingerprint density at radius 3 is 2.15 bits per heavy atom. The number of hydrogen-bond donors (Lipinski definition) is 1. The first-order valence-electron chi connectivity index (χ1n) is 4.11. The summed E-state index contributed by atoms with van der Waals surface area (Å²) in [4.78, 5) is 0. The maximum Gasteiger partial charge on any atom is 0.569 e. The summed E-state index contributed by atoms with van der Waals surface area (Å²) >= 11 is 0. The molecule has 4 heteroatoms. The molecule has 0 aromatic heterocycles. The summed E-state index contributed by atoms with van der Waals surface area (Å²) in [5.74, 6) is 1.37. The van der Waals surface area contributed by atoms with E-state index >= 15 is 0 Å². The topological polar surface area (TPSA) is 38.7 Å². The quantitative estimate of drug-likeness (QED) is 0.709. The molecule has 0 aliphatic carbocycles. The van der Waals surface area contributed by atoms with Gasteiger partial charge in [0.05, 0.1) is 6.10 Å². The van der Waals surface area contributed by atoms with Crippen LogP contribution in [0.1, 0.15) is 13.8 Å². The van der Waals surface area contributed by atoms with Gasteiger partial charge in [0.1, 0.15) is 11.5 Å². The lowest BCUT2D eigenvalue weighted by Crippen LogP contribution is -2.05. The third-order valence-corrected chi connectivity index (χ3v) is 1.38. The molecule has 0 unspecified atom stereocenters. The predicted molar refractivity (Wildman–Crippen MR) is 50.8 cm³/mol. The Hall–Kier alpha value is -1.16. The average molecular weight is 179 g/mol. The molecule has 1 rings (SSSR count). The van der Waals surface area contributed by atoms with E-state index in [1.807, 2.05) is 13.8 Å². The highest BCUT2D eigenvalue weighted by atomic mass is 16.5. The average Bonchev–Trinajstić information content (AvgIpc) is 2.08. The van der Waals surface area contributed by atoms with Crippen molar-refractivity contribution in [3.05, 3.63) is 24.3 Å². The molecule has 0 heterocycles. The van der Waals surface area contributed by atoms with Gasteiger partial charge in [-0.05, 0) is 38.1 Å². The van der Waals surface area contributed by atoms with Crippen LogP contribution in [0.3, 0.4) is 0 Å². The van der Waals surface area contributed by atoms with Crippen molar-refractivity contribution >= 4 is 7.69 Å². The lowest BCUT2D eigenvalue weighted by atomic mass is 10.3. The number of benzene rings is 1. The summed E-state index contributed by atoms with van der Waals surface area (Å²) < 4.78 is 10.2. The minimum atomic E-state index is 0.163. The highest BCUT2D eigenvalue weighted by molar-refractivity contribution is 6.17. The fourth-order valence-electron chi connectivity index (χ4n) is 0.930. The summed E-state index contributed by atoms with van der Waals surface area (Å²) in [5.41, 5.74) is 0. The normalized spacial score (nSPS) is 9.85. The van der Waals surface area contributed by atoms with E-state index in [1.165, 1.54) is 0 Å². The highest BCUT2D eigenvalue weighted by Crippen LogP contribution is 2.17. The maximum atomic E-state index is 8.36. The van der Waals surface area contributed by atoms with E-state index in [0.29, 0.717) is 13.4 Å². The second-order valence-corrected chi connectivity index (χ2v) is 2.86. The van der Waals surface area contributed by atoms with Gasteiger partial charge in [0.2, 0.25) is 0 Å². The fourth-order valence-corrected chi connectivity index (χ4v) is 0.930. The third-order valence-electron chi connectivity index (χ3n) is 1.38. The van der Waals surface area contributed by atoms with Crippen molar-refractivity contribution in [2.75, 3.05) is 0 Å². The van der Waals surface area contributed by atoms with Crippen molar-refractivity contribution in [1.82, 2.24) is 0 Å². The van der Waals surface area contributed by atoms with E-state index in [2.05, 4.69) is 0 Å². The molecule has 0 bridgehead atoms. The third kappa shape index (κ3) is 3.38. The van der Waals surface area contributed by atoms with Gasteiger partial charge in [-0.2, -0.15) is 0 Å². The first-order chi connectivity index (χ1) is 6.22. The molecule has 0 spiro atoms. The lowest BCUT2D eigenvalue weighted by Gasteiger charge is -2.09. The second-order valence-electron chi connectivity index (χ2n) is 2.86. The van der Waals surface area contributed by atoms with Gasteiger partial charge in [-0.1, -0.05) is 0 Å². The minimum absolute atomic E-state index is 0.163. The van der Waals surface area contributed by atoms with E-state index in [9.17, 15) is 0 Å². The number of ether oxygens (including phenoxy) is 1. The monoisotopic (exact) mass is 179 g/mol. The molecule has 0 saturated carbocycles. The largest absolute Gasteiger partial charge is 0.569 e. The zero-order chi connectivity index (χ0) is 9.68. The van der Waals surface area contributed by atoms with E-state index in [0.717, 1.165) is 5.75 Å². The van der Waals surface area contributed by atoms with Gasteiger partial charge in [0.15, 0.2) is 0 Å². The Balaban J connectivity index is 2.59. The molecule has 0 aliphatic heterocycles. The molecular formula is C9H12BO3. The van der Waals surface area contributed by atoms with Gasteiger partial charge < -0.3 is 14.4 Å². The summed E-state index contributed by atoms with van der Waals surface area (Å²) in [6, 6.07) is 7.03. The molecule has 1 aromatic rings. The van der Waals surface area contributed by atoms with Gasteiger partial charge in [-0.15, -0.1) is 0 Å². The molecule has 1 N–H and O–H groups in total. The fraction of sp³-hybridized carbons (Fsp3) is 0.333. The molecule has 1 aromatic carbocycles. The summed E-state index contributed by atoms with van der Waals surface area (Å²) in [6.45, 7) is 3.93. The van der Waals surface area contributed by atoms with E-state index < -0.39 is 0 Å². The Labute approximate surface area is 78.6 Å². The Kier molecular flexibility index (Phi) is 3.64. The molecular weight excluding hydrogens is 167 g/mol. The molecule has 69 valence electrons. The van der Waals surface area contributed by atoms with Crippen molar-refractivity contribution in [3.63, 3.8) is 0 Å². The van der Waals surface area contributed by atoms with Crippen molar-refractivity contribution < 1.29 is 14.4 Å². The molecule has 0 saturated heterocycles. The van der Waals surface area contributed by atoms with Crippen LogP contribution in [0.15, 0.2) is 24.3 Å². The molecule has 0 atom stereocenters. The smallest absolute Gasteiger partial charge is 0.537 e. The second kappa shape index (κ2) is 4.77. The number of hydrogen-bond acceptors (Lipinski definition) is 3. The van der Waals surface area contributed by atoms with Crippen molar-refractivity contribution in [2.45, 2.75) is 20.0 Å². The first-order valence-corrected chi connectivity index (χ1v) is 4.11. The SMILES string of the molecule is CC(C)Oc1ccc(O[B]O)cc1. The van der Waals surface area contributed by atoms with Crippen LogP contribution >= 0.6 is 0 Å². The van der Waals surface area contributed by atoms with Gasteiger partial charge in [-0.3, -0.25) is 0 Å². The first kappa shape index (κ1) is 9.93. The summed E-state index contributed by atoms with van der Waals surface area (Å²) in [5, 5.41) is 8.36. The lowest BCUT2D eigenvalue weighted by molar-refractivity contribution is 0.242. The van der Waals surface area contributed by atoms with Gasteiger partial charge >= 0.3 is 7.69 Å². The predicted octanol–water partition coefficient (Wildman–Crippen LogP) is 1.38.